The van der Waals surface area contributed by atoms with Crippen LogP contribution < -0.4 is 0 Å². The predicted octanol–water partition coefficient (Wildman–Crippen LogP) is 2.65. The molecule has 18 heavy (non-hydrogen) atoms. The van der Waals surface area contributed by atoms with Gasteiger partial charge in [0, 0.05) is 24.1 Å². The van der Waals surface area contributed by atoms with Gasteiger partial charge in [-0.3, -0.25) is 4.90 Å². The summed E-state index contributed by atoms with van der Waals surface area (Å²) in [4.78, 5) is 13.6. The number of nitrogens with zero attached hydrogens (tertiary/aromatic N) is 2. The summed E-state index contributed by atoms with van der Waals surface area (Å²) >= 11 is 0. The van der Waals surface area contributed by atoms with Crippen LogP contribution in [0.3, 0.4) is 0 Å². The second-order valence-corrected chi connectivity index (χ2v) is 4.63. The van der Waals surface area contributed by atoms with E-state index in [1.165, 1.54) is 22.0 Å². The normalized spacial score (nSPS) is 14.0. The van der Waals surface area contributed by atoms with E-state index in [1.54, 1.807) is 4.90 Å². The van der Waals surface area contributed by atoms with Gasteiger partial charge in [-0.05, 0) is 24.1 Å². The van der Waals surface area contributed by atoms with Crippen molar-refractivity contribution < 1.29 is 9.53 Å². The standard InChI is InChI=1S/C14H16N2O2/c1-3-18-14(17)16-8-10-5-4-6-12-13(10)11(9-16)7-15(12)2/h4-7H,3,8-9H2,1-2H3. The monoisotopic (exact) mass is 244 g/mol. The molecule has 3 rings (SSSR count). The lowest BCUT2D eigenvalue weighted by Gasteiger charge is -2.26. The second kappa shape index (κ2) is 4.05. The van der Waals surface area contributed by atoms with Gasteiger partial charge < -0.3 is 9.30 Å². The summed E-state index contributed by atoms with van der Waals surface area (Å²) in [6, 6.07) is 6.23. The van der Waals surface area contributed by atoms with Crippen LogP contribution in [0.25, 0.3) is 10.9 Å². The molecule has 0 bridgehead atoms. The summed E-state index contributed by atoms with van der Waals surface area (Å²) < 4.78 is 7.19. The lowest BCUT2D eigenvalue weighted by Crippen LogP contribution is -2.32. The number of ether oxygens (including phenoxy) is 1. The quantitative estimate of drug-likeness (QED) is 0.773. The molecule has 0 saturated carbocycles. The van der Waals surface area contributed by atoms with Gasteiger partial charge in [0.05, 0.1) is 19.7 Å². The molecule has 0 saturated heterocycles. The minimum Gasteiger partial charge on any atom is -0.450 e. The summed E-state index contributed by atoms with van der Waals surface area (Å²) in [6.07, 6.45) is 1.86. The van der Waals surface area contributed by atoms with E-state index in [0.717, 1.165) is 0 Å². The molecule has 1 aliphatic rings. The zero-order valence-electron chi connectivity index (χ0n) is 10.6. The molecule has 2 heterocycles. The number of carbonyl (C=O) groups excluding carboxylic acids is 1. The molecule has 0 unspecified atom stereocenters. The molecule has 2 aromatic rings. The maximum Gasteiger partial charge on any atom is 0.410 e. The minimum atomic E-state index is -0.232. The number of aryl methyl sites for hydroxylation is 1. The van der Waals surface area contributed by atoms with Crippen molar-refractivity contribution in [2.45, 2.75) is 20.0 Å². The first-order chi connectivity index (χ1) is 8.70. The first kappa shape index (κ1) is 11.1. The molecule has 0 fully saturated rings. The van der Waals surface area contributed by atoms with Crippen LogP contribution in [0.2, 0.25) is 0 Å². The van der Waals surface area contributed by atoms with Crippen molar-refractivity contribution in [1.82, 2.24) is 9.47 Å². The average Bonchev–Trinajstić information content (AvgIpc) is 2.68. The van der Waals surface area contributed by atoms with Gasteiger partial charge in [-0.15, -0.1) is 0 Å². The van der Waals surface area contributed by atoms with Gasteiger partial charge in [-0.1, -0.05) is 12.1 Å². The molecule has 0 N–H and O–H groups in total. The van der Waals surface area contributed by atoms with Crippen molar-refractivity contribution in [2.75, 3.05) is 6.61 Å². The Bertz CT molecular complexity index is 616. The maximum atomic E-state index is 11.8. The van der Waals surface area contributed by atoms with Gasteiger partial charge in [0.2, 0.25) is 0 Å². The van der Waals surface area contributed by atoms with Crippen molar-refractivity contribution in [3.63, 3.8) is 0 Å². The molecular formula is C14H16N2O2. The molecule has 1 aromatic heterocycles. The van der Waals surface area contributed by atoms with Gasteiger partial charge in [0.15, 0.2) is 0 Å². The Labute approximate surface area is 106 Å². The first-order valence-electron chi connectivity index (χ1n) is 6.18. The highest BCUT2D eigenvalue weighted by molar-refractivity contribution is 5.89. The van der Waals surface area contributed by atoms with Gasteiger partial charge in [-0.2, -0.15) is 0 Å². The number of aromatic nitrogens is 1. The smallest absolute Gasteiger partial charge is 0.410 e. The number of carbonyl (C=O) groups is 1. The fraction of sp³-hybridized carbons (Fsp3) is 0.357. The first-order valence-corrected chi connectivity index (χ1v) is 6.18. The minimum absolute atomic E-state index is 0.232. The Morgan fingerprint density at radius 2 is 2.11 bits per heavy atom. The molecule has 1 aromatic carbocycles. The topological polar surface area (TPSA) is 34.5 Å². The number of amides is 1. The largest absolute Gasteiger partial charge is 0.450 e. The van der Waals surface area contributed by atoms with E-state index in [2.05, 4.69) is 22.9 Å². The Kier molecular flexibility index (Phi) is 2.51. The van der Waals surface area contributed by atoms with Crippen LogP contribution in [-0.4, -0.2) is 22.2 Å². The van der Waals surface area contributed by atoms with Crippen LogP contribution >= 0.6 is 0 Å². The summed E-state index contributed by atoms with van der Waals surface area (Å²) in [5, 5.41) is 1.29. The molecule has 1 aliphatic heterocycles. The van der Waals surface area contributed by atoms with E-state index in [4.69, 9.17) is 4.74 Å². The van der Waals surface area contributed by atoms with E-state index in [-0.39, 0.29) is 6.09 Å². The van der Waals surface area contributed by atoms with E-state index < -0.39 is 0 Å². The van der Waals surface area contributed by atoms with E-state index in [9.17, 15) is 4.79 Å². The van der Waals surface area contributed by atoms with Gasteiger partial charge >= 0.3 is 6.09 Å². The third kappa shape index (κ3) is 1.56. The highest BCUT2D eigenvalue weighted by atomic mass is 16.6. The SMILES string of the molecule is CCOC(=O)N1Cc2cccc3c2c(cn3C)C1. The lowest BCUT2D eigenvalue weighted by atomic mass is 10.0. The highest BCUT2D eigenvalue weighted by Gasteiger charge is 2.24. The van der Waals surface area contributed by atoms with Crippen LogP contribution in [0.5, 0.6) is 0 Å². The second-order valence-electron chi connectivity index (χ2n) is 4.63. The number of hydrogen-bond donors (Lipinski definition) is 0. The third-order valence-electron chi connectivity index (χ3n) is 3.43. The molecule has 0 atom stereocenters. The molecule has 0 aliphatic carbocycles. The summed E-state index contributed by atoms with van der Waals surface area (Å²) in [6.45, 7) is 3.51. The Morgan fingerprint density at radius 3 is 2.89 bits per heavy atom. The number of hydrogen-bond acceptors (Lipinski definition) is 2. The zero-order chi connectivity index (χ0) is 12.7. The van der Waals surface area contributed by atoms with Crippen molar-refractivity contribution >= 4 is 17.0 Å². The molecule has 0 spiro atoms. The van der Waals surface area contributed by atoms with E-state index in [1.807, 2.05) is 20.0 Å². The molecular weight excluding hydrogens is 228 g/mol. The van der Waals surface area contributed by atoms with Crippen LogP contribution in [0.4, 0.5) is 4.79 Å². The molecule has 4 nitrogen and oxygen atoms in total. The van der Waals surface area contributed by atoms with Crippen molar-refractivity contribution in [2.24, 2.45) is 7.05 Å². The average molecular weight is 244 g/mol. The summed E-state index contributed by atoms with van der Waals surface area (Å²) in [5.74, 6) is 0. The van der Waals surface area contributed by atoms with Crippen LogP contribution in [0, 0.1) is 0 Å². The summed E-state index contributed by atoms with van der Waals surface area (Å²) in [7, 11) is 2.04. The number of rotatable bonds is 1. The fourth-order valence-electron chi connectivity index (χ4n) is 2.68. The van der Waals surface area contributed by atoms with Gasteiger partial charge in [-0.25, -0.2) is 4.79 Å². The highest BCUT2D eigenvalue weighted by Crippen LogP contribution is 2.31. The predicted molar refractivity (Wildman–Crippen MR) is 69.2 cm³/mol. The summed E-state index contributed by atoms with van der Waals surface area (Å²) in [5.41, 5.74) is 3.62. The Morgan fingerprint density at radius 1 is 1.33 bits per heavy atom. The van der Waals surface area contributed by atoms with Crippen LogP contribution in [0.15, 0.2) is 24.4 Å². The van der Waals surface area contributed by atoms with Crippen molar-refractivity contribution in [3.05, 3.63) is 35.5 Å². The number of benzene rings is 1. The Hall–Kier alpha value is -1.97. The van der Waals surface area contributed by atoms with Gasteiger partial charge in [0.25, 0.3) is 0 Å². The van der Waals surface area contributed by atoms with Crippen LogP contribution in [0.1, 0.15) is 18.1 Å². The van der Waals surface area contributed by atoms with E-state index in [0.29, 0.717) is 19.7 Å². The molecule has 1 amide bonds. The zero-order valence-corrected chi connectivity index (χ0v) is 10.6. The molecule has 0 radical (unpaired) electrons. The third-order valence-corrected chi connectivity index (χ3v) is 3.43. The van der Waals surface area contributed by atoms with E-state index >= 15 is 0 Å². The van der Waals surface area contributed by atoms with Crippen molar-refractivity contribution in [3.8, 4) is 0 Å². The fourth-order valence-corrected chi connectivity index (χ4v) is 2.68. The maximum absolute atomic E-state index is 11.8. The lowest BCUT2D eigenvalue weighted by molar-refractivity contribution is 0.101. The van der Waals surface area contributed by atoms with Gasteiger partial charge in [0.1, 0.15) is 0 Å². The Balaban J connectivity index is 2.03. The van der Waals surface area contributed by atoms with Crippen LogP contribution in [-0.2, 0) is 24.9 Å². The molecule has 4 heteroatoms. The van der Waals surface area contributed by atoms with Crippen molar-refractivity contribution in [1.29, 1.82) is 0 Å². The molecule has 94 valence electrons.